The summed E-state index contributed by atoms with van der Waals surface area (Å²) in [6.07, 6.45) is 1.09. The third kappa shape index (κ3) is 4.22. The summed E-state index contributed by atoms with van der Waals surface area (Å²) < 4.78 is 23.1. The number of hydrogen-bond acceptors (Lipinski definition) is 3. The van der Waals surface area contributed by atoms with Crippen LogP contribution in [-0.2, 0) is 9.84 Å². The van der Waals surface area contributed by atoms with E-state index in [-0.39, 0.29) is 15.6 Å². The van der Waals surface area contributed by atoms with E-state index in [1.54, 1.807) is 12.1 Å². The molecule has 0 heterocycles. The topological polar surface area (TPSA) is 75.3 Å². The van der Waals surface area contributed by atoms with E-state index in [0.29, 0.717) is 5.69 Å². The van der Waals surface area contributed by atoms with Gasteiger partial charge in [0.2, 0.25) is 0 Å². The molecule has 0 aromatic heterocycles. The number of urea groups is 1. The number of carbonyl (C=O) groups is 1. The van der Waals surface area contributed by atoms with E-state index < -0.39 is 15.9 Å². The Morgan fingerprint density at radius 3 is 2.27 bits per heavy atom. The number of amides is 2. The fraction of sp³-hybridized carbons (Fsp3) is 0.133. The van der Waals surface area contributed by atoms with Crippen molar-refractivity contribution in [1.82, 2.24) is 0 Å². The third-order valence-electron chi connectivity index (χ3n) is 2.92. The number of rotatable bonds is 3. The fourth-order valence-corrected chi connectivity index (χ4v) is 2.56. The van der Waals surface area contributed by atoms with Gasteiger partial charge in [0, 0.05) is 11.9 Å². The number of anilines is 2. The van der Waals surface area contributed by atoms with Crippen molar-refractivity contribution in [2.45, 2.75) is 11.8 Å². The summed E-state index contributed by atoms with van der Waals surface area (Å²) in [5.41, 5.74) is 1.93. The van der Waals surface area contributed by atoms with Gasteiger partial charge < -0.3 is 10.6 Å². The molecule has 0 spiro atoms. The van der Waals surface area contributed by atoms with Crippen LogP contribution in [0.4, 0.5) is 16.2 Å². The first-order valence-corrected chi connectivity index (χ1v) is 8.67. The van der Waals surface area contributed by atoms with Crippen LogP contribution < -0.4 is 10.6 Å². The lowest BCUT2D eigenvalue weighted by Crippen LogP contribution is -2.19. The number of halogens is 1. The lowest BCUT2D eigenvalue weighted by Gasteiger charge is -2.10. The second-order valence-corrected chi connectivity index (χ2v) is 7.28. The monoisotopic (exact) mass is 338 g/mol. The van der Waals surface area contributed by atoms with Gasteiger partial charge in [-0.1, -0.05) is 29.3 Å². The van der Waals surface area contributed by atoms with Crippen LogP contribution in [0.5, 0.6) is 0 Å². The maximum atomic E-state index is 11.9. The number of nitrogens with one attached hydrogen (secondary N) is 2. The molecule has 22 heavy (non-hydrogen) atoms. The van der Waals surface area contributed by atoms with Crippen LogP contribution in [0.25, 0.3) is 0 Å². The van der Waals surface area contributed by atoms with Crippen LogP contribution in [0.2, 0.25) is 5.02 Å². The van der Waals surface area contributed by atoms with Gasteiger partial charge in [-0.05, 0) is 37.3 Å². The van der Waals surface area contributed by atoms with Crippen molar-refractivity contribution in [3.63, 3.8) is 0 Å². The Kier molecular flexibility index (Phi) is 4.73. The molecule has 0 saturated heterocycles. The summed E-state index contributed by atoms with van der Waals surface area (Å²) in [5.74, 6) is 0. The van der Waals surface area contributed by atoms with E-state index in [1.165, 1.54) is 18.2 Å². The molecule has 2 aromatic carbocycles. The molecular weight excluding hydrogens is 324 g/mol. The lowest BCUT2D eigenvalue weighted by molar-refractivity contribution is 0.262. The molecule has 0 aliphatic heterocycles. The number of hydrogen-bond donors (Lipinski definition) is 2. The standard InChI is InChI=1S/C15H15ClN2O3S/c1-10-3-5-11(6-4-10)17-15(19)18-14-9-12(22(2,20)21)7-8-13(14)16/h3-9H,1-2H3,(H2,17,18,19). The van der Waals surface area contributed by atoms with Crippen LogP contribution in [0, 0.1) is 6.92 Å². The Balaban J connectivity index is 2.16. The van der Waals surface area contributed by atoms with Crippen LogP contribution in [-0.4, -0.2) is 20.7 Å². The average molecular weight is 339 g/mol. The van der Waals surface area contributed by atoms with Crippen molar-refractivity contribution >= 4 is 38.8 Å². The second-order valence-electron chi connectivity index (χ2n) is 4.86. The highest BCUT2D eigenvalue weighted by Crippen LogP contribution is 2.25. The number of carbonyl (C=O) groups excluding carboxylic acids is 1. The highest BCUT2D eigenvalue weighted by Gasteiger charge is 2.12. The number of sulfone groups is 1. The molecule has 2 amide bonds. The molecule has 116 valence electrons. The van der Waals surface area contributed by atoms with Crippen molar-refractivity contribution in [1.29, 1.82) is 0 Å². The molecule has 0 radical (unpaired) electrons. The summed E-state index contributed by atoms with van der Waals surface area (Å²) in [4.78, 5) is 12.0. The molecular formula is C15H15ClN2O3S. The minimum atomic E-state index is -3.37. The maximum Gasteiger partial charge on any atom is 0.323 e. The van der Waals surface area contributed by atoms with Gasteiger partial charge in [-0.3, -0.25) is 0 Å². The van der Waals surface area contributed by atoms with Crippen molar-refractivity contribution in [3.8, 4) is 0 Å². The minimum Gasteiger partial charge on any atom is -0.308 e. The minimum absolute atomic E-state index is 0.0857. The van der Waals surface area contributed by atoms with Crippen molar-refractivity contribution in [3.05, 3.63) is 53.1 Å². The first-order valence-electron chi connectivity index (χ1n) is 6.40. The highest BCUT2D eigenvalue weighted by atomic mass is 35.5. The van der Waals surface area contributed by atoms with Gasteiger partial charge in [0.05, 0.1) is 15.6 Å². The van der Waals surface area contributed by atoms with Crippen molar-refractivity contribution < 1.29 is 13.2 Å². The van der Waals surface area contributed by atoms with E-state index in [4.69, 9.17) is 11.6 Å². The molecule has 0 fully saturated rings. The van der Waals surface area contributed by atoms with Crippen molar-refractivity contribution in [2.75, 3.05) is 16.9 Å². The zero-order valence-electron chi connectivity index (χ0n) is 12.1. The Morgan fingerprint density at radius 1 is 1.05 bits per heavy atom. The number of benzene rings is 2. The first kappa shape index (κ1) is 16.3. The molecule has 0 unspecified atom stereocenters. The Labute approximate surface area is 134 Å². The molecule has 2 aromatic rings. The largest absolute Gasteiger partial charge is 0.323 e. The van der Waals surface area contributed by atoms with Crippen LogP contribution in [0.3, 0.4) is 0 Å². The van der Waals surface area contributed by atoms with E-state index in [2.05, 4.69) is 10.6 Å². The summed E-state index contributed by atoms with van der Waals surface area (Å²) in [5, 5.41) is 5.44. The Morgan fingerprint density at radius 2 is 1.68 bits per heavy atom. The molecule has 5 nitrogen and oxygen atoms in total. The van der Waals surface area contributed by atoms with E-state index >= 15 is 0 Å². The smallest absolute Gasteiger partial charge is 0.308 e. The highest BCUT2D eigenvalue weighted by molar-refractivity contribution is 7.90. The second kappa shape index (κ2) is 6.37. The molecule has 7 heteroatoms. The third-order valence-corrected chi connectivity index (χ3v) is 4.36. The summed E-state index contributed by atoms with van der Waals surface area (Å²) >= 11 is 5.98. The zero-order chi connectivity index (χ0) is 16.3. The van der Waals surface area contributed by atoms with E-state index in [9.17, 15) is 13.2 Å². The zero-order valence-corrected chi connectivity index (χ0v) is 13.6. The molecule has 0 atom stereocenters. The van der Waals surface area contributed by atoms with Gasteiger partial charge in [-0.25, -0.2) is 13.2 Å². The normalized spacial score (nSPS) is 11.0. The quantitative estimate of drug-likeness (QED) is 0.896. The predicted molar refractivity (Wildman–Crippen MR) is 88.4 cm³/mol. The Hall–Kier alpha value is -2.05. The molecule has 2 N–H and O–H groups in total. The predicted octanol–water partition coefficient (Wildman–Crippen LogP) is 3.70. The van der Waals surface area contributed by atoms with Gasteiger partial charge in [0.15, 0.2) is 9.84 Å². The van der Waals surface area contributed by atoms with Crippen LogP contribution >= 0.6 is 11.6 Å². The molecule has 0 bridgehead atoms. The lowest BCUT2D eigenvalue weighted by atomic mass is 10.2. The average Bonchev–Trinajstić information content (AvgIpc) is 2.42. The first-order chi connectivity index (χ1) is 10.3. The fourth-order valence-electron chi connectivity index (χ4n) is 1.75. The van der Waals surface area contributed by atoms with Crippen molar-refractivity contribution in [2.24, 2.45) is 0 Å². The maximum absolute atomic E-state index is 11.9. The molecule has 0 aliphatic rings. The summed E-state index contributed by atoms with van der Waals surface area (Å²) in [6.45, 7) is 1.94. The summed E-state index contributed by atoms with van der Waals surface area (Å²) in [7, 11) is -3.37. The number of aryl methyl sites for hydroxylation is 1. The van der Waals surface area contributed by atoms with Gasteiger partial charge >= 0.3 is 6.03 Å². The van der Waals surface area contributed by atoms with Gasteiger partial charge in [0.1, 0.15) is 0 Å². The van der Waals surface area contributed by atoms with Gasteiger partial charge in [-0.15, -0.1) is 0 Å². The van der Waals surface area contributed by atoms with Gasteiger partial charge in [-0.2, -0.15) is 0 Å². The van der Waals surface area contributed by atoms with E-state index in [1.807, 2.05) is 19.1 Å². The molecule has 0 saturated carbocycles. The van der Waals surface area contributed by atoms with Crippen LogP contribution in [0.15, 0.2) is 47.4 Å². The SMILES string of the molecule is Cc1ccc(NC(=O)Nc2cc(S(C)(=O)=O)ccc2Cl)cc1. The molecule has 0 aliphatic carbocycles. The van der Waals surface area contributed by atoms with Crippen LogP contribution in [0.1, 0.15) is 5.56 Å². The van der Waals surface area contributed by atoms with E-state index in [0.717, 1.165) is 11.8 Å². The molecule has 2 rings (SSSR count). The summed E-state index contributed by atoms with van der Waals surface area (Å²) in [6, 6.07) is 10.9. The Bertz CT molecular complexity index is 802. The van der Waals surface area contributed by atoms with Gasteiger partial charge in [0.25, 0.3) is 0 Å².